The van der Waals surface area contributed by atoms with E-state index in [1.165, 1.54) is 43.1 Å². The molecule has 0 fully saturated rings. The van der Waals surface area contributed by atoms with Gasteiger partial charge in [0.2, 0.25) is 0 Å². The summed E-state index contributed by atoms with van der Waals surface area (Å²) in [5, 5.41) is 6.67. The Morgan fingerprint density at radius 2 is 1.65 bits per heavy atom. The molecule has 0 bridgehead atoms. The van der Waals surface area contributed by atoms with Gasteiger partial charge in [-0.05, 0) is 73.1 Å². The number of nitrogens with zero attached hydrogens (tertiary/aromatic N) is 4. The molecular weight excluding hydrogens is 653 g/mol. The van der Waals surface area contributed by atoms with Gasteiger partial charge in [-0.15, -0.1) is 0 Å². The molecule has 0 saturated carbocycles. The average molecular weight is 695 g/mol. The van der Waals surface area contributed by atoms with Crippen molar-refractivity contribution in [2.45, 2.75) is 89.0 Å². The smallest absolute Gasteiger partial charge is 0.413 e. The molecule has 4 aromatic rings. The average Bonchev–Trinajstić information content (AvgIpc) is 3.44. The van der Waals surface area contributed by atoms with Crippen LogP contribution < -0.4 is 5.32 Å². The van der Waals surface area contributed by atoms with Gasteiger partial charge in [-0.2, -0.15) is 0 Å². The van der Waals surface area contributed by atoms with Crippen LogP contribution in [0.4, 0.5) is 19.8 Å². The zero-order chi connectivity index (χ0) is 37.0. The number of sulfone groups is 1. The van der Waals surface area contributed by atoms with Crippen molar-refractivity contribution in [1.82, 2.24) is 20.0 Å². The molecule has 0 spiro atoms. The summed E-state index contributed by atoms with van der Waals surface area (Å²) in [7, 11) is -2.28. The Balaban J connectivity index is 1.50. The van der Waals surface area contributed by atoms with Gasteiger partial charge in [-0.25, -0.2) is 32.4 Å². The van der Waals surface area contributed by atoms with Gasteiger partial charge in [0, 0.05) is 36.3 Å². The predicted octanol–water partition coefficient (Wildman–Crippen LogP) is 7.76. The molecule has 1 aliphatic rings. The number of benzene rings is 2. The van der Waals surface area contributed by atoms with Crippen LogP contribution in [0.25, 0.3) is 34.0 Å². The second-order valence-electron chi connectivity index (χ2n) is 14.3. The van der Waals surface area contributed by atoms with Crippen LogP contribution in [0.3, 0.4) is 0 Å². The minimum absolute atomic E-state index is 0.00988. The molecule has 0 aliphatic carbocycles. The van der Waals surface area contributed by atoms with Crippen LogP contribution in [0, 0.1) is 0 Å². The summed E-state index contributed by atoms with van der Waals surface area (Å²) < 4.78 is 65.1. The number of rotatable bonds is 6. The minimum atomic E-state index is -3.91. The van der Waals surface area contributed by atoms with E-state index in [0.29, 0.717) is 11.1 Å². The first-order chi connectivity index (χ1) is 23.1. The lowest BCUT2D eigenvalue weighted by atomic mass is 9.98. The third-order valence-corrected chi connectivity index (χ3v) is 10.1. The van der Waals surface area contributed by atoms with E-state index in [4.69, 9.17) is 15.4 Å². The summed E-state index contributed by atoms with van der Waals surface area (Å²) in [6, 6.07) is 11.1. The SMILES string of the molecule is [2H]c1c(-c2ccc(CN(C)C(=O)OC(C)(C)C)cc2)noc1-c1nc(-c2ccc3c(c2)[C@@H](F)C(C)(C)S3(=O)=O)cnc1NC(=O)OC(C)(C)C. The number of fused-ring (bicyclic) bond motifs is 1. The first kappa shape index (κ1) is 34.0. The van der Waals surface area contributed by atoms with E-state index in [1.54, 1.807) is 72.9 Å². The number of amides is 2. The summed E-state index contributed by atoms with van der Waals surface area (Å²) in [6.45, 7) is 13.4. The van der Waals surface area contributed by atoms with E-state index in [1.807, 2.05) is 0 Å². The van der Waals surface area contributed by atoms with Crippen LogP contribution in [0.2, 0.25) is 0 Å². The maximum Gasteiger partial charge on any atom is 0.413 e. The Hall–Kier alpha value is -4.85. The number of carbonyl (C=O) groups excluding carboxylic acids is 2. The van der Waals surface area contributed by atoms with Crippen molar-refractivity contribution in [3.63, 3.8) is 0 Å². The molecule has 5 rings (SSSR count). The summed E-state index contributed by atoms with van der Waals surface area (Å²) in [5.74, 6) is -0.213. The molecular formula is C35H40FN5O7S. The molecule has 14 heteroatoms. The fourth-order valence-corrected chi connectivity index (χ4v) is 6.73. The lowest BCUT2D eigenvalue weighted by Gasteiger charge is -2.24. The Morgan fingerprint density at radius 3 is 2.29 bits per heavy atom. The molecule has 1 N–H and O–H groups in total. The number of nitrogens with one attached hydrogen (secondary N) is 1. The number of carbonyl (C=O) groups is 2. The lowest BCUT2D eigenvalue weighted by Crippen LogP contribution is -2.33. The first-order valence-electron chi connectivity index (χ1n) is 16.0. The number of halogens is 1. The van der Waals surface area contributed by atoms with Crippen LogP contribution >= 0.6 is 0 Å². The summed E-state index contributed by atoms with van der Waals surface area (Å²) >= 11 is 0. The van der Waals surface area contributed by atoms with Gasteiger partial charge < -0.3 is 18.9 Å². The predicted molar refractivity (Wildman–Crippen MR) is 181 cm³/mol. The standard InChI is InChI=1S/C35H40FN5O7S/c1-33(2,3)46-31(42)39-30-28(38-25(18-37-30)22-14-15-27-23(16-22)29(36)35(7,8)49(27,44)45)26-17-24(40-48-26)21-12-10-20(11-13-21)19-41(9)32(43)47-34(4,5)6/h10-18,29H,19H2,1-9H3,(H,37,39,42)/t29-/m1/s1/i17D. The van der Waals surface area contributed by atoms with E-state index < -0.39 is 44.1 Å². The van der Waals surface area contributed by atoms with Crippen LogP contribution in [-0.4, -0.2) is 63.6 Å². The highest BCUT2D eigenvalue weighted by Gasteiger charge is 2.52. The van der Waals surface area contributed by atoms with E-state index in [0.717, 1.165) is 5.56 Å². The third-order valence-electron chi connectivity index (χ3n) is 7.59. The zero-order valence-electron chi connectivity index (χ0n) is 29.8. The summed E-state index contributed by atoms with van der Waals surface area (Å²) in [4.78, 5) is 35.5. The number of alkyl halides is 1. The number of aromatic nitrogens is 3. The van der Waals surface area contributed by atoms with Gasteiger partial charge in [0.1, 0.15) is 27.8 Å². The second-order valence-corrected chi connectivity index (χ2v) is 16.8. The third kappa shape index (κ3) is 7.43. The summed E-state index contributed by atoms with van der Waals surface area (Å²) in [5.41, 5.74) is 0.568. The molecule has 1 aliphatic heterocycles. The molecule has 2 aromatic heterocycles. The molecule has 2 amide bonds. The van der Waals surface area contributed by atoms with Crippen LogP contribution in [0.15, 0.2) is 64.1 Å². The largest absolute Gasteiger partial charge is 0.444 e. The molecule has 12 nitrogen and oxygen atoms in total. The van der Waals surface area contributed by atoms with Crippen LogP contribution in [0.1, 0.15) is 74.1 Å². The van der Waals surface area contributed by atoms with Crippen LogP contribution in [-0.2, 0) is 25.9 Å². The van der Waals surface area contributed by atoms with Gasteiger partial charge in [-0.1, -0.05) is 35.5 Å². The van der Waals surface area contributed by atoms with Crippen molar-refractivity contribution in [2.24, 2.45) is 0 Å². The highest BCUT2D eigenvalue weighted by Crippen LogP contribution is 2.49. The maximum absolute atomic E-state index is 15.4. The van der Waals surface area contributed by atoms with Crippen molar-refractivity contribution in [3.05, 3.63) is 65.8 Å². The van der Waals surface area contributed by atoms with Gasteiger partial charge in [0.05, 0.1) is 18.2 Å². The molecule has 260 valence electrons. The van der Waals surface area contributed by atoms with Crippen molar-refractivity contribution in [3.8, 4) is 34.0 Å². The molecule has 1 atom stereocenters. The van der Waals surface area contributed by atoms with Crippen molar-refractivity contribution in [1.29, 1.82) is 0 Å². The number of hydrogen-bond donors (Lipinski definition) is 1. The van der Waals surface area contributed by atoms with E-state index in [2.05, 4.69) is 20.4 Å². The van der Waals surface area contributed by atoms with E-state index >= 15 is 4.39 Å². The highest BCUT2D eigenvalue weighted by molar-refractivity contribution is 7.93. The monoisotopic (exact) mass is 694 g/mol. The van der Waals surface area contributed by atoms with Gasteiger partial charge in [-0.3, -0.25) is 5.32 Å². The van der Waals surface area contributed by atoms with E-state index in [-0.39, 0.29) is 51.7 Å². The van der Waals surface area contributed by atoms with Crippen molar-refractivity contribution in [2.75, 3.05) is 12.4 Å². The van der Waals surface area contributed by atoms with Crippen molar-refractivity contribution >= 4 is 27.8 Å². The fourth-order valence-electron chi connectivity index (χ4n) is 5.04. The molecule has 3 heterocycles. The Labute approximate surface area is 286 Å². The second kappa shape index (κ2) is 12.6. The molecule has 0 unspecified atom stereocenters. The Bertz CT molecular complexity index is 2070. The van der Waals surface area contributed by atoms with Gasteiger partial charge in [0.15, 0.2) is 27.1 Å². The first-order valence-corrected chi connectivity index (χ1v) is 17.0. The molecule has 2 aromatic carbocycles. The lowest BCUT2D eigenvalue weighted by molar-refractivity contribution is 0.0284. The zero-order valence-corrected chi connectivity index (χ0v) is 29.7. The summed E-state index contributed by atoms with van der Waals surface area (Å²) in [6.07, 6.45) is -1.74. The minimum Gasteiger partial charge on any atom is -0.444 e. The van der Waals surface area contributed by atoms with Gasteiger partial charge in [0.25, 0.3) is 0 Å². The van der Waals surface area contributed by atoms with Crippen molar-refractivity contribution < 1.29 is 37.8 Å². The highest BCUT2D eigenvalue weighted by atomic mass is 32.2. The fraction of sp³-hybridized carbons (Fsp3) is 0.400. The normalized spacial score (nSPS) is 16.8. The molecule has 0 saturated heterocycles. The number of ether oxygens (including phenoxy) is 2. The Morgan fingerprint density at radius 1 is 1.02 bits per heavy atom. The maximum atomic E-state index is 15.4. The Kier molecular flexibility index (Phi) is 8.72. The molecule has 0 radical (unpaired) electrons. The van der Waals surface area contributed by atoms with E-state index in [9.17, 15) is 18.0 Å². The number of anilines is 1. The quantitative estimate of drug-likeness (QED) is 0.212. The van der Waals surface area contributed by atoms with Gasteiger partial charge >= 0.3 is 12.2 Å². The topological polar surface area (TPSA) is 154 Å². The van der Waals surface area contributed by atoms with Crippen LogP contribution in [0.5, 0.6) is 0 Å². The molecule has 49 heavy (non-hydrogen) atoms. The number of hydrogen-bond acceptors (Lipinski definition) is 10.